The van der Waals surface area contributed by atoms with Crippen LogP contribution in [0.5, 0.6) is 5.75 Å². The minimum atomic E-state index is -4.40. The monoisotopic (exact) mass is 592 g/mol. The minimum Gasteiger partial charge on any atom is -0.495 e. The fourth-order valence-electron chi connectivity index (χ4n) is 5.56. The van der Waals surface area contributed by atoms with Crippen LogP contribution in [0.25, 0.3) is 10.1 Å². The van der Waals surface area contributed by atoms with Crippen LogP contribution >= 0.6 is 18.5 Å². The maximum atomic E-state index is 13.7. The predicted molar refractivity (Wildman–Crippen MR) is 160 cm³/mol. The fraction of sp³-hybridized carbons (Fsp3) is 0.467. The molecule has 1 aliphatic carbocycles. The highest BCUT2D eigenvalue weighted by molar-refractivity contribution is 7.70. The molecule has 2 aliphatic rings. The van der Waals surface area contributed by atoms with Crippen molar-refractivity contribution in [2.45, 2.75) is 37.9 Å². The Morgan fingerprint density at radius 2 is 2.05 bits per heavy atom. The molecular formula is C30H35F3N3O2PS. The third kappa shape index (κ3) is 6.30. The largest absolute Gasteiger partial charge is 0.495 e. The Balaban J connectivity index is 1.42. The number of halogens is 3. The van der Waals surface area contributed by atoms with Gasteiger partial charge in [-0.05, 0) is 81.4 Å². The zero-order valence-corrected chi connectivity index (χ0v) is 24.5. The molecule has 10 heteroatoms. The number of nitrogens with one attached hydrogen (secondary N) is 2. The number of benzene rings is 2. The van der Waals surface area contributed by atoms with Crippen LogP contribution in [0.2, 0.25) is 0 Å². The summed E-state index contributed by atoms with van der Waals surface area (Å²) in [5.41, 5.74) is 1.55. The third-order valence-corrected chi connectivity index (χ3v) is 10.5. The Morgan fingerprint density at radius 3 is 2.75 bits per heavy atom. The average molecular weight is 593 g/mol. The van der Waals surface area contributed by atoms with Crippen molar-refractivity contribution in [1.82, 2.24) is 4.90 Å². The first kappa shape index (κ1) is 25.1. The molecule has 5 rings (SSSR count). The number of hydrogen-bond acceptors (Lipinski definition) is 6. The van der Waals surface area contributed by atoms with Gasteiger partial charge in [0.15, 0.2) is 0 Å². The highest BCUT2D eigenvalue weighted by Crippen LogP contribution is 2.53. The van der Waals surface area contributed by atoms with Crippen LogP contribution in [-0.2, 0) is 11.0 Å². The molecule has 1 saturated heterocycles. The fourth-order valence-corrected chi connectivity index (χ4v) is 7.60. The molecular weight excluding hydrogens is 554 g/mol. The summed E-state index contributed by atoms with van der Waals surface area (Å²) in [5, 5.41) is 7.70. The molecule has 1 atom stereocenters. The Bertz CT molecular complexity index is 1620. The third-order valence-electron chi connectivity index (χ3n) is 7.81. The Morgan fingerprint density at radius 1 is 1.25 bits per heavy atom. The second-order valence-electron chi connectivity index (χ2n) is 11.3. The highest BCUT2D eigenvalue weighted by Gasteiger charge is 2.51. The molecule has 1 unspecified atom stereocenters. The summed E-state index contributed by atoms with van der Waals surface area (Å²) < 4.78 is 82.0. The number of alkyl halides is 3. The van der Waals surface area contributed by atoms with Crippen molar-refractivity contribution >= 4 is 45.2 Å². The van der Waals surface area contributed by atoms with Crippen molar-refractivity contribution in [2.75, 3.05) is 57.7 Å². The molecule has 2 aromatic carbocycles. The zero-order valence-electron chi connectivity index (χ0n) is 25.7. The summed E-state index contributed by atoms with van der Waals surface area (Å²) in [4.78, 5) is 2.69. The van der Waals surface area contributed by atoms with E-state index in [0.717, 1.165) is 42.7 Å². The number of ether oxygens (including phenoxy) is 1. The molecule has 1 aromatic heterocycles. The molecule has 1 saturated carbocycles. The van der Waals surface area contributed by atoms with Gasteiger partial charge in [-0.2, -0.15) is 13.2 Å². The summed E-state index contributed by atoms with van der Waals surface area (Å²) in [7, 11) is -3.28. The van der Waals surface area contributed by atoms with Gasteiger partial charge in [0, 0.05) is 23.3 Å². The predicted octanol–water partition coefficient (Wildman–Crippen LogP) is 6.62. The topological polar surface area (TPSA) is 53.6 Å². The standard InChI is InChI=1S/C30H35F3N3O2PS/c1-36-16-12-27(29(19-36)13-14-29)35-24-8-5-7-21-22(18-30(31,32)33)26(40-28(21)24)9-6-15-34-23-11-10-20(39(3,4)37)17-25(23)38-2/h5,7-8,10-11,17,27,34-35H,12-16,18-19H2,1-4H3/i2D3. The lowest BCUT2D eigenvalue weighted by Crippen LogP contribution is -2.46. The van der Waals surface area contributed by atoms with Crippen molar-refractivity contribution in [3.8, 4) is 17.6 Å². The van der Waals surface area contributed by atoms with Crippen LogP contribution in [0.4, 0.5) is 24.5 Å². The Kier molecular flexibility index (Phi) is 6.87. The van der Waals surface area contributed by atoms with Crippen molar-refractivity contribution in [1.29, 1.82) is 0 Å². The summed E-state index contributed by atoms with van der Waals surface area (Å²) in [6.07, 6.45) is -2.21. The molecule has 0 bridgehead atoms. The van der Waals surface area contributed by atoms with Gasteiger partial charge in [-0.25, -0.2) is 0 Å². The number of methoxy groups -OCH3 is 1. The maximum Gasteiger partial charge on any atom is 0.393 e. The smallest absolute Gasteiger partial charge is 0.393 e. The van der Waals surface area contributed by atoms with Gasteiger partial charge in [0.25, 0.3) is 0 Å². The summed E-state index contributed by atoms with van der Waals surface area (Å²) >= 11 is 1.26. The number of fused-ring (bicyclic) bond motifs is 1. The summed E-state index contributed by atoms with van der Waals surface area (Å²) in [6, 6.07) is 10.4. The van der Waals surface area contributed by atoms with Gasteiger partial charge >= 0.3 is 6.18 Å². The van der Waals surface area contributed by atoms with E-state index in [9.17, 15) is 17.7 Å². The minimum absolute atomic E-state index is 0.000838. The van der Waals surface area contributed by atoms with Gasteiger partial charge in [-0.15, -0.1) is 11.3 Å². The Hall–Kier alpha value is -2.66. The molecule has 2 fully saturated rings. The van der Waals surface area contributed by atoms with E-state index in [4.69, 9.17) is 8.85 Å². The number of likely N-dealkylation sites (tertiary alicyclic amines) is 1. The van der Waals surface area contributed by atoms with Crippen LogP contribution in [0.15, 0.2) is 36.4 Å². The van der Waals surface area contributed by atoms with Gasteiger partial charge in [-0.1, -0.05) is 24.0 Å². The lowest BCUT2D eigenvalue weighted by molar-refractivity contribution is -0.126. The van der Waals surface area contributed by atoms with Crippen LogP contribution in [0.3, 0.4) is 0 Å². The van der Waals surface area contributed by atoms with E-state index in [2.05, 4.69) is 34.4 Å². The number of hydrogen-bond donors (Lipinski definition) is 2. The van der Waals surface area contributed by atoms with Gasteiger partial charge < -0.3 is 24.8 Å². The van der Waals surface area contributed by atoms with Crippen molar-refractivity contribution in [3.63, 3.8) is 0 Å². The summed E-state index contributed by atoms with van der Waals surface area (Å²) in [6.45, 7) is 5.16. The van der Waals surface area contributed by atoms with Gasteiger partial charge in [0.2, 0.25) is 0 Å². The highest BCUT2D eigenvalue weighted by atomic mass is 32.1. The number of nitrogens with zero attached hydrogens (tertiary/aromatic N) is 1. The van der Waals surface area contributed by atoms with E-state index in [1.807, 2.05) is 6.07 Å². The van der Waals surface area contributed by atoms with Crippen LogP contribution in [0, 0.1) is 17.3 Å². The van der Waals surface area contributed by atoms with E-state index < -0.39 is 26.8 Å². The first-order valence-corrected chi connectivity index (χ1v) is 16.6. The molecule has 214 valence electrons. The zero-order chi connectivity index (χ0) is 31.2. The van der Waals surface area contributed by atoms with Gasteiger partial charge in [0.05, 0.1) is 45.1 Å². The van der Waals surface area contributed by atoms with E-state index in [1.54, 1.807) is 37.6 Å². The van der Waals surface area contributed by atoms with Crippen LogP contribution in [-0.4, -0.2) is 64.2 Å². The molecule has 2 N–H and O–H groups in total. The number of thiophene rings is 1. The quantitative estimate of drug-likeness (QED) is 0.239. The molecule has 0 radical (unpaired) electrons. The number of piperidine rings is 1. The average Bonchev–Trinajstić information content (AvgIpc) is 3.56. The first-order chi connectivity index (χ1) is 20.0. The number of anilines is 2. The number of rotatable bonds is 7. The van der Waals surface area contributed by atoms with E-state index in [0.29, 0.717) is 21.3 Å². The lowest BCUT2D eigenvalue weighted by Gasteiger charge is -2.38. The molecule has 0 amide bonds. The maximum absolute atomic E-state index is 13.7. The molecule has 1 aliphatic heterocycles. The van der Waals surface area contributed by atoms with Crippen molar-refractivity contribution in [2.24, 2.45) is 5.41 Å². The molecule has 1 spiro atoms. The van der Waals surface area contributed by atoms with Crippen molar-refractivity contribution in [3.05, 3.63) is 46.8 Å². The van der Waals surface area contributed by atoms with Crippen molar-refractivity contribution < 1.29 is 26.6 Å². The first-order valence-electron chi connectivity index (χ1n) is 14.7. The van der Waals surface area contributed by atoms with Gasteiger partial charge in [-0.3, -0.25) is 0 Å². The van der Waals surface area contributed by atoms with Gasteiger partial charge in [0.1, 0.15) is 12.9 Å². The Labute approximate surface area is 242 Å². The van der Waals surface area contributed by atoms with E-state index in [-0.39, 0.29) is 29.3 Å². The SMILES string of the molecule is [2H]C([2H])([2H])Oc1cc(P(C)(C)=O)ccc1NCC#Cc1sc2c(NC3CCN(C)CC34CC4)cccc2c1CC(F)(F)F. The molecule has 3 aromatic rings. The van der Waals surface area contributed by atoms with Crippen LogP contribution < -0.4 is 20.7 Å². The molecule has 40 heavy (non-hydrogen) atoms. The van der Waals surface area contributed by atoms with Crippen LogP contribution in [0.1, 0.15) is 33.8 Å². The summed E-state index contributed by atoms with van der Waals surface area (Å²) in [5.74, 6) is 5.85. The molecule has 2 heterocycles. The second kappa shape index (κ2) is 11.0. The normalized spacial score (nSPS) is 20.2. The second-order valence-corrected chi connectivity index (χ2v) is 15.5. The van der Waals surface area contributed by atoms with E-state index >= 15 is 0 Å². The lowest BCUT2D eigenvalue weighted by atomic mass is 9.89. The van der Waals surface area contributed by atoms with E-state index in [1.165, 1.54) is 17.4 Å². The molecule has 5 nitrogen and oxygen atoms in total.